The van der Waals surface area contributed by atoms with Crippen molar-refractivity contribution < 1.29 is 14.3 Å². The smallest absolute Gasteiger partial charge is 0.246 e. The second-order valence-electron chi connectivity index (χ2n) is 9.07. The van der Waals surface area contributed by atoms with Gasteiger partial charge in [0.1, 0.15) is 17.8 Å². The van der Waals surface area contributed by atoms with E-state index in [9.17, 15) is 9.59 Å². The maximum atomic E-state index is 13.6. The molecule has 2 aromatic carbocycles. The summed E-state index contributed by atoms with van der Waals surface area (Å²) in [7, 11) is 0. The van der Waals surface area contributed by atoms with Crippen molar-refractivity contribution in [1.82, 2.24) is 14.8 Å². The summed E-state index contributed by atoms with van der Waals surface area (Å²) >= 11 is 0. The maximum absolute atomic E-state index is 13.6. The van der Waals surface area contributed by atoms with Gasteiger partial charge in [-0.3, -0.25) is 9.59 Å². The molecular formula is C26H29N3O3. The first kappa shape index (κ1) is 20.6. The van der Waals surface area contributed by atoms with Gasteiger partial charge in [-0.1, -0.05) is 50.2 Å². The first-order valence-electron chi connectivity index (χ1n) is 11.4. The summed E-state index contributed by atoms with van der Waals surface area (Å²) in [4.78, 5) is 34.2. The Kier molecular flexibility index (Phi) is 5.16. The Bertz CT molecular complexity index is 1180. The van der Waals surface area contributed by atoms with Crippen LogP contribution in [0.25, 0.3) is 10.9 Å². The van der Waals surface area contributed by atoms with E-state index in [2.05, 4.69) is 24.9 Å². The molecule has 0 spiro atoms. The van der Waals surface area contributed by atoms with Crippen LogP contribution in [0, 0.1) is 5.92 Å². The fraction of sp³-hybridized carbons (Fsp3) is 0.385. The summed E-state index contributed by atoms with van der Waals surface area (Å²) in [5.74, 6) is 1.07. The van der Waals surface area contributed by atoms with Crippen LogP contribution in [0.1, 0.15) is 43.6 Å². The van der Waals surface area contributed by atoms with Crippen LogP contribution in [0.4, 0.5) is 0 Å². The Morgan fingerprint density at radius 2 is 1.84 bits per heavy atom. The van der Waals surface area contributed by atoms with E-state index in [-0.39, 0.29) is 18.4 Å². The van der Waals surface area contributed by atoms with Crippen LogP contribution >= 0.6 is 0 Å². The van der Waals surface area contributed by atoms with Crippen molar-refractivity contribution in [2.75, 3.05) is 19.7 Å². The van der Waals surface area contributed by atoms with Gasteiger partial charge in [0.25, 0.3) is 0 Å². The Labute approximate surface area is 188 Å². The van der Waals surface area contributed by atoms with Gasteiger partial charge in [0.15, 0.2) is 0 Å². The van der Waals surface area contributed by atoms with Crippen LogP contribution in [-0.4, -0.2) is 52.3 Å². The number of H-pyrrole nitrogens is 1. The normalized spacial score (nSPS) is 20.6. The average molecular weight is 432 g/mol. The number of aromatic amines is 1. The standard InChI is InChI=1S/C26H29N3O3/c1-4-32-22-12-8-6-10-18(22)25-24-19(17-9-5-7-11-20(17)27-24)13-21-26(31)28(14-16(2)3)15-23(30)29(21)25/h5-12,16,21,25,27H,4,13-15H2,1-3H3. The number of benzene rings is 2. The molecule has 3 aromatic rings. The molecule has 6 nitrogen and oxygen atoms in total. The minimum atomic E-state index is -0.513. The average Bonchev–Trinajstić information content (AvgIpc) is 3.15. The third kappa shape index (κ3) is 3.25. The number of amides is 2. The number of para-hydroxylation sites is 2. The molecule has 166 valence electrons. The van der Waals surface area contributed by atoms with Crippen LogP contribution in [0.3, 0.4) is 0 Å². The third-order valence-electron chi connectivity index (χ3n) is 6.44. The van der Waals surface area contributed by atoms with E-state index in [4.69, 9.17) is 4.74 Å². The highest BCUT2D eigenvalue weighted by Crippen LogP contribution is 2.44. The van der Waals surface area contributed by atoms with Gasteiger partial charge in [-0.25, -0.2) is 0 Å². The first-order chi connectivity index (χ1) is 15.5. The fourth-order valence-electron chi connectivity index (χ4n) is 5.24. The minimum Gasteiger partial charge on any atom is -0.494 e. The number of hydrogen-bond acceptors (Lipinski definition) is 3. The lowest BCUT2D eigenvalue weighted by atomic mass is 9.85. The molecule has 1 saturated heterocycles. The number of carbonyl (C=O) groups is 2. The van der Waals surface area contributed by atoms with Crippen molar-refractivity contribution >= 4 is 22.7 Å². The van der Waals surface area contributed by atoms with Crippen molar-refractivity contribution in [2.45, 2.75) is 39.3 Å². The van der Waals surface area contributed by atoms with E-state index in [0.717, 1.165) is 33.5 Å². The van der Waals surface area contributed by atoms with E-state index in [1.54, 1.807) is 9.80 Å². The molecule has 3 heterocycles. The molecule has 1 fully saturated rings. The van der Waals surface area contributed by atoms with Crippen molar-refractivity contribution in [1.29, 1.82) is 0 Å². The number of hydrogen-bond donors (Lipinski definition) is 1. The van der Waals surface area contributed by atoms with Gasteiger partial charge in [-0.15, -0.1) is 0 Å². The Hall–Kier alpha value is -3.28. The summed E-state index contributed by atoms with van der Waals surface area (Å²) in [6.07, 6.45) is 0.520. The number of nitrogens with one attached hydrogen (secondary N) is 1. The molecule has 1 aromatic heterocycles. The predicted octanol–water partition coefficient (Wildman–Crippen LogP) is 3.91. The number of fused-ring (bicyclic) bond motifs is 4. The molecule has 1 N–H and O–H groups in total. The second kappa shape index (κ2) is 8.01. The summed E-state index contributed by atoms with van der Waals surface area (Å²) in [6.45, 7) is 7.34. The summed E-state index contributed by atoms with van der Waals surface area (Å²) in [5.41, 5.74) is 4.03. The molecule has 0 bridgehead atoms. The van der Waals surface area contributed by atoms with Crippen LogP contribution in [0.2, 0.25) is 0 Å². The topological polar surface area (TPSA) is 65.6 Å². The number of piperazine rings is 1. The minimum absolute atomic E-state index is 0.0177. The number of carbonyl (C=O) groups excluding carboxylic acids is 2. The van der Waals surface area contributed by atoms with Crippen LogP contribution in [-0.2, 0) is 16.0 Å². The van der Waals surface area contributed by atoms with Gasteiger partial charge in [-0.2, -0.15) is 0 Å². The monoisotopic (exact) mass is 431 g/mol. The highest BCUT2D eigenvalue weighted by Gasteiger charge is 2.48. The molecule has 0 saturated carbocycles. The zero-order valence-electron chi connectivity index (χ0n) is 18.8. The Morgan fingerprint density at radius 1 is 1.09 bits per heavy atom. The largest absolute Gasteiger partial charge is 0.494 e. The second-order valence-corrected chi connectivity index (χ2v) is 9.07. The number of rotatable bonds is 5. The van der Waals surface area contributed by atoms with Crippen LogP contribution in [0.15, 0.2) is 48.5 Å². The van der Waals surface area contributed by atoms with E-state index in [1.165, 1.54) is 0 Å². The predicted molar refractivity (Wildman–Crippen MR) is 124 cm³/mol. The fourth-order valence-corrected chi connectivity index (χ4v) is 5.24. The van der Waals surface area contributed by atoms with Gasteiger partial charge in [0, 0.05) is 35.1 Å². The molecular weight excluding hydrogens is 402 g/mol. The maximum Gasteiger partial charge on any atom is 0.246 e. The molecule has 2 unspecified atom stereocenters. The number of nitrogens with zero attached hydrogens (tertiary/aromatic N) is 2. The van der Waals surface area contributed by atoms with Crippen molar-refractivity contribution in [3.05, 3.63) is 65.4 Å². The number of aromatic nitrogens is 1. The van der Waals surface area contributed by atoms with E-state index in [0.29, 0.717) is 25.5 Å². The van der Waals surface area contributed by atoms with Gasteiger partial charge in [0.2, 0.25) is 11.8 Å². The highest BCUT2D eigenvalue weighted by molar-refractivity contribution is 5.97. The zero-order chi connectivity index (χ0) is 22.4. The molecule has 6 heteroatoms. The number of ether oxygens (including phenoxy) is 1. The molecule has 2 amide bonds. The van der Waals surface area contributed by atoms with Gasteiger partial charge < -0.3 is 19.5 Å². The van der Waals surface area contributed by atoms with Crippen LogP contribution < -0.4 is 4.74 Å². The SMILES string of the molecule is CCOc1ccccc1C1c2[nH]c3ccccc3c2CC2C(=O)N(CC(C)C)CC(=O)N21. The zero-order valence-corrected chi connectivity index (χ0v) is 18.8. The molecule has 0 aliphatic carbocycles. The summed E-state index contributed by atoms with van der Waals surface area (Å²) in [5, 5.41) is 1.11. The van der Waals surface area contributed by atoms with Gasteiger partial charge in [-0.05, 0) is 30.5 Å². The quantitative estimate of drug-likeness (QED) is 0.666. The van der Waals surface area contributed by atoms with Crippen molar-refractivity contribution in [2.24, 2.45) is 5.92 Å². The third-order valence-corrected chi connectivity index (χ3v) is 6.44. The summed E-state index contributed by atoms with van der Waals surface area (Å²) < 4.78 is 5.95. The Morgan fingerprint density at radius 3 is 2.62 bits per heavy atom. The van der Waals surface area contributed by atoms with Crippen molar-refractivity contribution in [3.8, 4) is 5.75 Å². The first-order valence-corrected chi connectivity index (χ1v) is 11.4. The lowest BCUT2D eigenvalue weighted by Crippen LogP contribution is -2.63. The molecule has 5 rings (SSSR count). The molecule has 0 radical (unpaired) electrons. The molecule has 32 heavy (non-hydrogen) atoms. The van der Waals surface area contributed by atoms with E-state index < -0.39 is 12.1 Å². The molecule has 2 aliphatic heterocycles. The van der Waals surface area contributed by atoms with E-state index >= 15 is 0 Å². The summed E-state index contributed by atoms with van der Waals surface area (Å²) in [6, 6.07) is 15.1. The van der Waals surface area contributed by atoms with Crippen molar-refractivity contribution in [3.63, 3.8) is 0 Å². The van der Waals surface area contributed by atoms with Crippen LogP contribution in [0.5, 0.6) is 5.75 Å². The van der Waals surface area contributed by atoms with Gasteiger partial charge in [0.05, 0.1) is 13.2 Å². The van der Waals surface area contributed by atoms with Gasteiger partial charge >= 0.3 is 0 Å². The van der Waals surface area contributed by atoms with E-state index in [1.807, 2.05) is 49.4 Å². The molecule has 2 atom stereocenters. The lowest BCUT2D eigenvalue weighted by molar-refractivity contribution is -0.159. The highest BCUT2D eigenvalue weighted by atomic mass is 16.5. The Balaban J connectivity index is 1.70. The lowest BCUT2D eigenvalue weighted by Gasteiger charge is -2.47. The molecule has 2 aliphatic rings.